The van der Waals surface area contributed by atoms with E-state index in [4.69, 9.17) is 5.11 Å². The van der Waals surface area contributed by atoms with Crippen LogP contribution < -0.4 is 0 Å². The van der Waals surface area contributed by atoms with E-state index in [9.17, 15) is 43.8 Å². The molecule has 0 aromatic carbocycles. The number of rotatable bonds is 4. The van der Waals surface area contributed by atoms with Gasteiger partial charge in [0.05, 0.1) is 18.5 Å². The van der Waals surface area contributed by atoms with E-state index >= 15 is 0 Å². The molecule has 15 heteroatoms. The molecule has 5 atom stereocenters. The molecule has 1 aromatic heterocycles. The summed E-state index contributed by atoms with van der Waals surface area (Å²) in [5.41, 5.74) is -0.701. The smallest absolute Gasteiger partial charge is 0.310 e. The molecule has 1 unspecified atom stereocenters. The molecule has 2 aliphatic heterocycles. The topological polar surface area (TPSA) is 215 Å². The fraction of sp³-hybridized carbons (Fsp3) is 0.464. The van der Waals surface area contributed by atoms with E-state index in [1.807, 2.05) is 0 Å². The minimum Gasteiger partial charge on any atom is -0.604 e. The largest absolute Gasteiger partial charge is 0.604 e. The zero-order valence-electron chi connectivity index (χ0n) is 24.0. The molecule has 0 amide bonds. The van der Waals surface area contributed by atoms with E-state index in [0.29, 0.717) is 27.1 Å². The number of carbonyl (C=O) groups excluding carboxylic acids is 4. The molecule has 0 aliphatic carbocycles. The van der Waals surface area contributed by atoms with Crippen LogP contribution in [0.4, 0.5) is 0 Å². The molecule has 1 saturated heterocycles. The lowest BCUT2D eigenvalue weighted by atomic mass is 9.81. The van der Waals surface area contributed by atoms with E-state index in [1.165, 1.54) is 43.4 Å². The predicted molar refractivity (Wildman–Crippen MR) is 164 cm³/mol. The minimum atomic E-state index is -1.97. The van der Waals surface area contributed by atoms with Gasteiger partial charge in [-0.2, -0.15) is 0 Å². The Labute approximate surface area is 259 Å². The van der Waals surface area contributed by atoms with E-state index in [2.05, 4.69) is 9.98 Å². The van der Waals surface area contributed by atoms with E-state index < -0.39 is 61.8 Å². The molecule has 3 rings (SSSR count). The predicted octanol–water partition coefficient (Wildman–Crippen LogP) is 3.23. The van der Waals surface area contributed by atoms with Crippen molar-refractivity contribution in [3.8, 4) is 0 Å². The molecule has 0 radical (unpaired) electrons. The van der Waals surface area contributed by atoms with Crippen LogP contribution in [0.25, 0.3) is 6.08 Å². The van der Waals surface area contributed by atoms with Crippen LogP contribution in [-0.4, -0.2) is 80.7 Å². The fourth-order valence-corrected chi connectivity index (χ4v) is 8.84. The van der Waals surface area contributed by atoms with Crippen molar-refractivity contribution in [2.45, 2.75) is 82.3 Å². The van der Waals surface area contributed by atoms with Crippen molar-refractivity contribution in [2.24, 2.45) is 4.99 Å². The first kappa shape index (κ1) is 36.2. The van der Waals surface area contributed by atoms with E-state index in [-0.39, 0.29) is 37.4 Å². The highest BCUT2D eigenvalue weighted by atomic mass is 33.1. The number of aliphatic hydroxyl groups excluding tert-OH is 2. The molecule has 12 nitrogen and oxygen atoms in total. The maximum atomic E-state index is 13.0. The number of aliphatic hydroxyl groups is 3. The van der Waals surface area contributed by atoms with Crippen molar-refractivity contribution in [3.63, 3.8) is 0 Å². The van der Waals surface area contributed by atoms with Gasteiger partial charge in [0.25, 0.3) is 5.12 Å². The minimum absolute atomic E-state index is 0.0720. The number of carboxylic acids is 1. The van der Waals surface area contributed by atoms with Gasteiger partial charge in [-0.15, -0.1) is 11.3 Å². The highest BCUT2D eigenvalue weighted by Crippen LogP contribution is 2.53. The van der Waals surface area contributed by atoms with Gasteiger partial charge in [-0.25, -0.2) is 9.98 Å². The normalized spacial score (nSPS) is 31.0. The number of fused-ring (bicyclic) bond motifs is 2. The Balaban J connectivity index is 0.000000553. The van der Waals surface area contributed by atoms with Crippen LogP contribution in [-0.2, 0) is 34.2 Å². The van der Waals surface area contributed by atoms with Gasteiger partial charge >= 0.3 is 5.97 Å². The summed E-state index contributed by atoms with van der Waals surface area (Å²) in [4.78, 5) is 63.9. The second-order valence-corrected chi connectivity index (χ2v) is 14.3. The second kappa shape index (κ2) is 15.7. The summed E-state index contributed by atoms with van der Waals surface area (Å²) >= 11 is 1.34. The van der Waals surface area contributed by atoms with Gasteiger partial charge in [0, 0.05) is 22.0 Å². The molecular formula is C28H34N2O10S3. The third-order valence-electron chi connectivity index (χ3n) is 6.53. The van der Waals surface area contributed by atoms with Crippen molar-refractivity contribution < 1.29 is 49.0 Å². The molecule has 3 heterocycles. The number of carboxylic acid groups (broad SMARTS) is 1. The van der Waals surface area contributed by atoms with Crippen LogP contribution in [0.15, 0.2) is 40.2 Å². The zero-order valence-corrected chi connectivity index (χ0v) is 26.5. The Morgan fingerprint density at radius 3 is 2.42 bits per heavy atom. The van der Waals surface area contributed by atoms with Crippen molar-refractivity contribution >= 4 is 72.7 Å². The average Bonchev–Trinajstić information content (AvgIpc) is 3.41. The number of aliphatic carboxylic acids is 1. The van der Waals surface area contributed by atoms with Crippen LogP contribution in [0.3, 0.4) is 0 Å². The van der Waals surface area contributed by atoms with Gasteiger partial charge in [-0.3, -0.25) is 24.0 Å². The van der Waals surface area contributed by atoms with Crippen LogP contribution in [0.1, 0.15) is 76.5 Å². The van der Waals surface area contributed by atoms with Gasteiger partial charge in [-0.1, -0.05) is 17.7 Å². The summed E-state index contributed by atoms with van der Waals surface area (Å²) in [5, 5.41) is 41.8. The Morgan fingerprint density at radius 2 is 1.84 bits per heavy atom. The molecule has 43 heavy (non-hydrogen) atoms. The number of nitrogens with zero attached hydrogens (tertiary/aromatic N) is 2. The molecule has 1 aromatic rings. The van der Waals surface area contributed by atoms with Crippen molar-refractivity contribution in [2.75, 3.05) is 0 Å². The van der Waals surface area contributed by atoms with Crippen LogP contribution in [0.2, 0.25) is 0 Å². The first-order valence-electron chi connectivity index (χ1n) is 13.0. The van der Waals surface area contributed by atoms with Gasteiger partial charge < -0.3 is 25.0 Å². The number of hydrogen-bond acceptors (Lipinski definition) is 12. The number of carbonyl (C=O) groups is 5. The Bertz CT molecular complexity index is 1350. The highest BCUT2D eigenvalue weighted by molar-refractivity contribution is 8.79. The van der Waals surface area contributed by atoms with Crippen LogP contribution >= 0.6 is 22.1 Å². The summed E-state index contributed by atoms with van der Waals surface area (Å²) in [6, 6.07) is -0.495. The van der Waals surface area contributed by atoms with Crippen molar-refractivity contribution in [1.29, 1.82) is 0 Å². The fourth-order valence-electron chi connectivity index (χ4n) is 4.12. The van der Waals surface area contributed by atoms with Crippen molar-refractivity contribution in [1.82, 2.24) is 4.98 Å². The third kappa shape index (κ3) is 10.0. The Morgan fingerprint density at radius 1 is 1.19 bits per heavy atom. The Hall–Kier alpha value is -2.95. The highest BCUT2D eigenvalue weighted by Gasteiger charge is 2.68. The summed E-state index contributed by atoms with van der Waals surface area (Å²) < 4.78 is 11.5. The third-order valence-corrected chi connectivity index (χ3v) is 11.5. The summed E-state index contributed by atoms with van der Waals surface area (Å²) in [7, 11) is -1.29. The van der Waals surface area contributed by atoms with Crippen LogP contribution in [0.5, 0.6) is 0 Å². The summed E-state index contributed by atoms with van der Waals surface area (Å²) in [6.45, 7) is 6.00. The summed E-state index contributed by atoms with van der Waals surface area (Å²) in [5.74, 6) is -2.87. The SMILES string of the molecule is C/C1=C\[C@@H](O)C(=O)/C=C/C=C\c2csc(n2)[C@@H](C)N=C(O)C[C@@]2(CC1)[S+]([O-])SC(=O)[C@]2(C)O.CC(=O)CC(=O)CC(=O)O. The number of ketones is 3. The molecule has 4 N–H and O–H groups in total. The lowest BCUT2D eigenvalue weighted by Gasteiger charge is -2.35. The molecule has 1 fully saturated rings. The molecule has 0 saturated carbocycles. The maximum absolute atomic E-state index is 13.0. The zero-order chi connectivity index (χ0) is 32.5. The average molecular weight is 655 g/mol. The van der Waals surface area contributed by atoms with Crippen molar-refractivity contribution in [3.05, 3.63) is 46.0 Å². The molecule has 2 bridgehead atoms. The van der Waals surface area contributed by atoms with Gasteiger partial charge in [-0.05, 0) is 52.3 Å². The molecule has 1 spiro atoms. The number of aliphatic imine (C=N–C) groups is 1. The monoisotopic (exact) mass is 654 g/mol. The second-order valence-electron chi connectivity index (χ2n) is 10.2. The number of allylic oxidation sites excluding steroid dienone is 3. The first-order valence-corrected chi connectivity index (χ1v) is 16.4. The lowest BCUT2D eigenvalue weighted by Crippen LogP contribution is -2.55. The number of hydrogen-bond donors (Lipinski definition) is 4. The number of thiazole rings is 1. The summed E-state index contributed by atoms with van der Waals surface area (Å²) in [6.07, 6.45) is 5.36. The van der Waals surface area contributed by atoms with E-state index in [0.717, 1.165) is 0 Å². The van der Waals surface area contributed by atoms with Gasteiger partial charge in [0.1, 0.15) is 29.4 Å². The lowest BCUT2D eigenvalue weighted by molar-refractivity contribution is -0.140. The number of aromatic nitrogens is 1. The number of Topliss-reactive ketones (excluding diaryl/α,β-unsaturated/α-hetero) is 2. The van der Waals surface area contributed by atoms with Gasteiger partial charge in [0.2, 0.25) is 0 Å². The maximum Gasteiger partial charge on any atom is 0.310 e. The molecular weight excluding hydrogens is 621 g/mol. The molecule has 2 aliphatic rings. The van der Waals surface area contributed by atoms with Crippen LogP contribution in [0, 0.1) is 0 Å². The quantitative estimate of drug-likeness (QED) is 0.159. The molecule has 234 valence electrons. The van der Waals surface area contributed by atoms with E-state index in [1.54, 1.807) is 31.4 Å². The first-order chi connectivity index (χ1) is 20.0. The Kier molecular flexibility index (Phi) is 13.2. The van der Waals surface area contributed by atoms with Gasteiger partial charge in [0.15, 0.2) is 38.6 Å². The standard InChI is InChI=1S/C22H26N2O6S3.C6H8O4/c1-13-8-9-22(21(3,29)20(28)32-33(22)30)11-18(27)23-14(2)19-24-15(12-31-19)6-4-5-7-16(25)17(26)10-13;1-4(7)2-5(8)3-6(9)10/h4-7,10,12,14,17,26,29H,8-9,11H2,1-3H3,(H,23,27);2-3H2,1H3,(H,9,10)/b6-4-,7-5+,13-10+;/t14-,17-,21+,22-,33?;/m1./s1.